The van der Waals surface area contributed by atoms with Gasteiger partial charge in [0.1, 0.15) is 11.9 Å². The molecule has 0 aromatic heterocycles. The highest BCUT2D eigenvalue weighted by molar-refractivity contribution is 7.91. The van der Waals surface area contributed by atoms with E-state index in [4.69, 9.17) is 4.74 Å². The average molecular weight is 430 g/mol. The minimum atomic E-state index is -3.31. The first kappa shape index (κ1) is 20.7. The van der Waals surface area contributed by atoms with Gasteiger partial charge in [0.15, 0.2) is 9.84 Å². The van der Waals surface area contributed by atoms with Crippen molar-refractivity contribution in [3.8, 4) is 5.75 Å². The molecule has 0 saturated carbocycles. The zero-order chi connectivity index (χ0) is 21.5. The van der Waals surface area contributed by atoms with Crippen LogP contribution in [-0.2, 0) is 27.5 Å². The number of sulfone groups is 1. The molecule has 7 heteroatoms. The molecule has 2 aliphatic rings. The zero-order valence-electron chi connectivity index (χ0n) is 17.2. The Bertz CT molecular complexity index is 1030. The Hall–Kier alpha value is -2.54. The third-order valence-electron chi connectivity index (χ3n) is 6.01. The maximum Gasteiger partial charge on any atom is 0.410 e. The number of fused-ring (bicyclic) bond motifs is 1. The molecule has 1 N–H and O–H groups in total. The molecule has 2 heterocycles. The standard InChI is InChI=1S/C23H27NO5S/c1-15(2)18-5-3-4-17(11-18)12-24-21-14-30(27,28)13-19(22(21)29-23(24)26)10-16-6-8-20(25)9-7-16/h3-9,11,15,19,21-22,25H,10,12-14H2,1-2H3/t19-,21+,22+/m1/s1. The molecule has 2 aromatic carbocycles. The summed E-state index contributed by atoms with van der Waals surface area (Å²) >= 11 is 0. The van der Waals surface area contributed by atoms with Crippen LogP contribution in [0.5, 0.6) is 5.75 Å². The summed E-state index contributed by atoms with van der Waals surface area (Å²) in [4.78, 5) is 14.3. The van der Waals surface area contributed by atoms with Crippen LogP contribution in [-0.4, -0.2) is 48.2 Å². The van der Waals surface area contributed by atoms with Crippen LogP contribution in [0, 0.1) is 5.92 Å². The Labute approximate surface area is 177 Å². The van der Waals surface area contributed by atoms with E-state index >= 15 is 0 Å². The molecule has 1 amide bonds. The normalized spacial score (nSPS) is 25.2. The first-order valence-electron chi connectivity index (χ1n) is 10.3. The van der Waals surface area contributed by atoms with E-state index < -0.39 is 28.1 Å². The molecule has 0 radical (unpaired) electrons. The SMILES string of the molecule is CC(C)c1cccc(CN2C(=O)O[C@H]3[C@H](Cc4ccc(O)cc4)CS(=O)(=O)C[C@@H]32)c1. The summed E-state index contributed by atoms with van der Waals surface area (Å²) in [6.45, 7) is 4.56. The van der Waals surface area contributed by atoms with Crippen molar-refractivity contribution in [3.63, 3.8) is 0 Å². The third-order valence-corrected chi connectivity index (χ3v) is 7.80. The van der Waals surface area contributed by atoms with E-state index in [0.717, 1.165) is 11.1 Å². The number of phenolic OH excluding ortho intramolecular Hbond substituents is 1. The van der Waals surface area contributed by atoms with Gasteiger partial charge in [-0.25, -0.2) is 13.2 Å². The van der Waals surface area contributed by atoms with Gasteiger partial charge >= 0.3 is 6.09 Å². The number of hydrogen-bond acceptors (Lipinski definition) is 5. The number of nitrogens with zero attached hydrogens (tertiary/aromatic N) is 1. The number of benzene rings is 2. The summed E-state index contributed by atoms with van der Waals surface area (Å²) in [6.07, 6.45) is -0.430. The number of ether oxygens (including phenoxy) is 1. The van der Waals surface area contributed by atoms with Gasteiger partial charge in [-0.15, -0.1) is 0 Å². The molecular weight excluding hydrogens is 402 g/mol. The molecule has 2 aromatic rings. The first-order chi connectivity index (χ1) is 14.2. The Morgan fingerprint density at radius 1 is 1.10 bits per heavy atom. The van der Waals surface area contributed by atoms with Crippen LogP contribution in [0.25, 0.3) is 0 Å². The van der Waals surface area contributed by atoms with Gasteiger partial charge in [-0.05, 0) is 41.2 Å². The molecule has 6 nitrogen and oxygen atoms in total. The van der Waals surface area contributed by atoms with Gasteiger partial charge in [0.25, 0.3) is 0 Å². The van der Waals surface area contributed by atoms with Crippen LogP contribution in [0.4, 0.5) is 4.79 Å². The monoisotopic (exact) mass is 429 g/mol. The van der Waals surface area contributed by atoms with E-state index in [0.29, 0.717) is 18.9 Å². The second kappa shape index (κ2) is 7.95. The van der Waals surface area contributed by atoms with Gasteiger partial charge in [-0.1, -0.05) is 50.2 Å². The summed E-state index contributed by atoms with van der Waals surface area (Å²) in [5.74, 6) is 0.149. The zero-order valence-corrected chi connectivity index (χ0v) is 18.0. The fraction of sp³-hybridized carbons (Fsp3) is 0.435. The number of carbonyl (C=O) groups is 1. The van der Waals surface area contributed by atoms with Crippen LogP contribution in [0.1, 0.15) is 36.5 Å². The molecule has 0 bridgehead atoms. The Morgan fingerprint density at radius 2 is 1.83 bits per heavy atom. The van der Waals surface area contributed by atoms with Crippen LogP contribution in [0.2, 0.25) is 0 Å². The number of phenols is 1. The lowest BCUT2D eigenvalue weighted by molar-refractivity contribution is 0.0970. The fourth-order valence-corrected chi connectivity index (χ4v) is 6.44. The van der Waals surface area contributed by atoms with Gasteiger partial charge in [0.05, 0.1) is 17.5 Å². The minimum absolute atomic E-state index is 0.000994. The molecule has 30 heavy (non-hydrogen) atoms. The number of rotatable bonds is 5. The van der Waals surface area contributed by atoms with E-state index in [1.165, 1.54) is 5.56 Å². The van der Waals surface area contributed by atoms with Crippen molar-refractivity contribution in [3.05, 3.63) is 65.2 Å². The highest BCUT2D eigenvalue weighted by atomic mass is 32.2. The fourth-order valence-electron chi connectivity index (χ4n) is 4.46. The lowest BCUT2D eigenvalue weighted by Crippen LogP contribution is -2.51. The summed E-state index contributed by atoms with van der Waals surface area (Å²) in [5.41, 5.74) is 3.06. The molecular formula is C23H27NO5S. The minimum Gasteiger partial charge on any atom is -0.508 e. The van der Waals surface area contributed by atoms with Gasteiger partial charge < -0.3 is 9.84 Å². The number of amides is 1. The highest BCUT2D eigenvalue weighted by Crippen LogP contribution is 2.35. The maximum atomic E-state index is 12.7. The second-order valence-corrected chi connectivity index (χ2v) is 10.8. The summed E-state index contributed by atoms with van der Waals surface area (Å²) in [5, 5.41) is 9.49. The van der Waals surface area contributed by atoms with Crippen molar-refractivity contribution in [2.75, 3.05) is 11.5 Å². The number of aromatic hydroxyl groups is 1. The van der Waals surface area contributed by atoms with Gasteiger partial charge in [-0.2, -0.15) is 0 Å². The molecule has 2 aliphatic heterocycles. The second-order valence-electron chi connectivity index (χ2n) is 8.65. The maximum absolute atomic E-state index is 12.7. The third kappa shape index (κ3) is 4.31. The molecule has 2 fully saturated rings. The van der Waals surface area contributed by atoms with Crippen molar-refractivity contribution >= 4 is 15.9 Å². The predicted molar refractivity (Wildman–Crippen MR) is 114 cm³/mol. The molecule has 2 saturated heterocycles. The van der Waals surface area contributed by atoms with Crippen molar-refractivity contribution in [2.45, 2.75) is 44.9 Å². The summed E-state index contributed by atoms with van der Waals surface area (Å²) in [6, 6.07) is 14.3. The average Bonchev–Trinajstić information content (AvgIpc) is 2.98. The Balaban J connectivity index is 1.57. The smallest absolute Gasteiger partial charge is 0.410 e. The van der Waals surface area contributed by atoms with Crippen LogP contribution < -0.4 is 0 Å². The van der Waals surface area contributed by atoms with Gasteiger partial charge in [-0.3, -0.25) is 4.90 Å². The lowest BCUT2D eigenvalue weighted by atomic mass is 9.91. The van der Waals surface area contributed by atoms with Crippen molar-refractivity contribution < 1.29 is 23.1 Å². The van der Waals surface area contributed by atoms with E-state index in [2.05, 4.69) is 26.0 Å². The van der Waals surface area contributed by atoms with E-state index in [9.17, 15) is 18.3 Å². The molecule has 0 unspecified atom stereocenters. The van der Waals surface area contributed by atoms with E-state index in [1.807, 2.05) is 12.1 Å². The molecule has 160 valence electrons. The Morgan fingerprint density at radius 3 is 2.53 bits per heavy atom. The van der Waals surface area contributed by atoms with E-state index in [1.54, 1.807) is 29.2 Å². The molecule has 0 aliphatic carbocycles. The van der Waals surface area contributed by atoms with Crippen molar-refractivity contribution in [1.82, 2.24) is 4.90 Å². The largest absolute Gasteiger partial charge is 0.508 e. The first-order valence-corrected chi connectivity index (χ1v) is 12.1. The van der Waals surface area contributed by atoms with E-state index in [-0.39, 0.29) is 23.2 Å². The molecule has 3 atom stereocenters. The lowest BCUT2D eigenvalue weighted by Gasteiger charge is -2.34. The molecule has 0 spiro atoms. The topological polar surface area (TPSA) is 83.9 Å². The van der Waals surface area contributed by atoms with Gasteiger partial charge in [0, 0.05) is 12.5 Å². The molecule has 4 rings (SSSR count). The number of carbonyl (C=O) groups excluding carboxylic acids is 1. The Kier molecular flexibility index (Phi) is 5.49. The predicted octanol–water partition coefficient (Wildman–Crippen LogP) is 3.49. The van der Waals surface area contributed by atoms with Gasteiger partial charge in [0.2, 0.25) is 0 Å². The van der Waals surface area contributed by atoms with Crippen molar-refractivity contribution in [2.24, 2.45) is 5.92 Å². The quantitative estimate of drug-likeness (QED) is 0.787. The van der Waals surface area contributed by atoms with Crippen molar-refractivity contribution in [1.29, 1.82) is 0 Å². The summed E-state index contributed by atoms with van der Waals surface area (Å²) in [7, 11) is -3.31. The number of hydrogen-bond donors (Lipinski definition) is 1. The van der Waals surface area contributed by atoms with Crippen LogP contribution in [0.3, 0.4) is 0 Å². The summed E-state index contributed by atoms with van der Waals surface area (Å²) < 4.78 is 31.0. The van der Waals surface area contributed by atoms with Crippen LogP contribution >= 0.6 is 0 Å². The highest BCUT2D eigenvalue weighted by Gasteiger charge is 2.51. The van der Waals surface area contributed by atoms with Crippen LogP contribution in [0.15, 0.2) is 48.5 Å².